The van der Waals surface area contributed by atoms with Crippen LogP contribution in [-0.2, 0) is 21.2 Å². The summed E-state index contributed by atoms with van der Waals surface area (Å²) in [5.41, 5.74) is 1.31. The molecule has 3 rings (SSSR count). The van der Waals surface area contributed by atoms with E-state index in [9.17, 15) is 17.6 Å². The average molecular weight is 403 g/mol. The van der Waals surface area contributed by atoms with Crippen molar-refractivity contribution in [3.63, 3.8) is 0 Å². The van der Waals surface area contributed by atoms with Gasteiger partial charge in [0.15, 0.2) is 0 Å². The Labute approximate surface area is 162 Å². The van der Waals surface area contributed by atoms with Gasteiger partial charge < -0.3 is 10.1 Å². The van der Waals surface area contributed by atoms with E-state index >= 15 is 0 Å². The predicted molar refractivity (Wildman–Crippen MR) is 99.7 cm³/mol. The minimum Gasteiger partial charge on any atom is -0.379 e. The standard InChI is InChI=1S/C19H18FN3O4S/c20-17-6-3-15(13-18(17)28(25,26)23-9-11-27-12-10-23)19(24)22-16-4-1-14(2-5-16)7-8-21/h1-6,13H,7,9-12H2,(H,22,24). The van der Waals surface area contributed by atoms with Crippen molar-refractivity contribution in [2.24, 2.45) is 0 Å². The number of nitrogens with zero attached hydrogens (tertiary/aromatic N) is 2. The van der Waals surface area contributed by atoms with E-state index in [-0.39, 0.29) is 38.3 Å². The predicted octanol–water partition coefficient (Wildman–Crippen LogP) is 2.16. The van der Waals surface area contributed by atoms with Crippen molar-refractivity contribution in [2.45, 2.75) is 11.3 Å². The number of rotatable bonds is 5. The summed E-state index contributed by atoms with van der Waals surface area (Å²) in [6, 6.07) is 12.0. The Bertz CT molecular complexity index is 1010. The Morgan fingerprint density at radius 2 is 1.86 bits per heavy atom. The minimum atomic E-state index is -4.07. The van der Waals surface area contributed by atoms with E-state index < -0.39 is 26.6 Å². The van der Waals surface area contributed by atoms with Crippen LogP contribution in [0.25, 0.3) is 0 Å². The van der Waals surface area contributed by atoms with E-state index in [4.69, 9.17) is 10.00 Å². The van der Waals surface area contributed by atoms with Crippen molar-refractivity contribution in [3.05, 3.63) is 59.4 Å². The van der Waals surface area contributed by atoms with Gasteiger partial charge in [0.25, 0.3) is 5.91 Å². The topological polar surface area (TPSA) is 99.5 Å². The largest absolute Gasteiger partial charge is 0.379 e. The summed E-state index contributed by atoms with van der Waals surface area (Å²) in [6.07, 6.45) is 0.259. The Hall–Kier alpha value is -2.80. The number of nitrogens with one attached hydrogen (secondary N) is 1. The first kappa shape index (κ1) is 19.9. The molecule has 0 radical (unpaired) electrons. The van der Waals surface area contributed by atoms with E-state index in [0.717, 1.165) is 22.0 Å². The maximum absolute atomic E-state index is 14.2. The van der Waals surface area contributed by atoms with Gasteiger partial charge in [0.05, 0.1) is 25.7 Å². The van der Waals surface area contributed by atoms with Gasteiger partial charge in [-0.2, -0.15) is 9.57 Å². The Kier molecular flexibility index (Phi) is 6.04. The number of hydrogen-bond donors (Lipinski definition) is 1. The normalized spacial score (nSPS) is 15.0. The maximum atomic E-state index is 14.2. The van der Waals surface area contributed by atoms with Gasteiger partial charge in [0.1, 0.15) is 10.7 Å². The Balaban J connectivity index is 1.82. The molecule has 1 fully saturated rings. The van der Waals surface area contributed by atoms with Gasteiger partial charge in [-0.15, -0.1) is 0 Å². The van der Waals surface area contributed by atoms with Crippen molar-refractivity contribution < 1.29 is 22.3 Å². The maximum Gasteiger partial charge on any atom is 0.255 e. The molecule has 0 spiro atoms. The molecule has 2 aromatic rings. The zero-order valence-corrected chi connectivity index (χ0v) is 15.7. The molecule has 9 heteroatoms. The molecular formula is C19H18FN3O4S. The summed E-state index contributed by atoms with van der Waals surface area (Å²) in [5, 5.41) is 11.3. The molecule has 1 saturated heterocycles. The molecule has 7 nitrogen and oxygen atoms in total. The van der Waals surface area contributed by atoms with Gasteiger partial charge in [-0.3, -0.25) is 4.79 Å². The summed E-state index contributed by atoms with van der Waals surface area (Å²) in [5.74, 6) is -1.48. The van der Waals surface area contributed by atoms with Gasteiger partial charge in [0.2, 0.25) is 10.0 Å². The van der Waals surface area contributed by atoms with Crippen LogP contribution in [-0.4, -0.2) is 44.9 Å². The molecule has 1 amide bonds. The molecule has 146 valence electrons. The van der Waals surface area contributed by atoms with Gasteiger partial charge >= 0.3 is 0 Å². The third kappa shape index (κ3) is 4.36. The van der Waals surface area contributed by atoms with Crippen molar-refractivity contribution in [1.82, 2.24) is 4.31 Å². The summed E-state index contributed by atoms with van der Waals surface area (Å²) in [7, 11) is -4.07. The number of benzene rings is 2. The molecule has 2 aromatic carbocycles. The molecule has 1 heterocycles. The number of carbonyl (C=O) groups excluding carboxylic acids is 1. The number of carbonyl (C=O) groups is 1. The first-order valence-electron chi connectivity index (χ1n) is 8.56. The molecule has 28 heavy (non-hydrogen) atoms. The van der Waals surface area contributed by atoms with Crippen LogP contribution in [0.3, 0.4) is 0 Å². The van der Waals surface area contributed by atoms with E-state index in [1.807, 2.05) is 6.07 Å². The highest BCUT2D eigenvalue weighted by Crippen LogP contribution is 2.22. The number of anilines is 1. The molecule has 1 aliphatic rings. The molecule has 0 atom stereocenters. The number of sulfonamides is 1. The molecular weight excluding hydrogens is 385 g/mol. The fourth-order valence-corrected chi connectivity index (χ4v) is 4.27. The van der Waals surface area contributed by atoms with E-state index in [2.05, 4.69) is 5.32 Å². The second-order valence-electron chi connectivity index (χ2n) is 6.15. The number of halogens is 1. The molecule has 0 unspecified atom stereocenters. The highest BCUT2D eigenvalue weighted by Gasteiger charge is 2.29. The van der Waals surface area contributed by atoms with Crippen LogP contribution >= 0.6 is 0 Å². The van der Waals surface area contributed by atoms with Gasteiger partial charge in [-0.25, -0.2) is 12.8 Å². The number of hydrogen-bond acceptors (Lipinski definition) is 5. The Morgan fingerprint density at radius 1 is 1.18 bits per heavy atom. The second kappa shape index (κ2) is 8.48. The zero-order valence-electron chi connectivity index (χ0n) is 14.9. The average Bonchev–Trinajstić information content (AvgIpc) is 2.70. The highest BCUT2D eigenvalue weighted by atomic mass is 32.2. The van der Waals surface area contributed by atoms with Crippen molar-refractivity contribution in [1.29, 1.82) is 5.26 Å². The number of ether oxygens (including phenoxy) is 1. The number of amides is 1. The van der Waals surface area contributed by atoms with Crippen molar-refractivity contribution in [3.8, 4) is 6.07 Å². The monoisotopic (exact) mass is 403 g/mol. The molecule has 0 bridgehead atoms. The summed E-state index contributed by atoms with van der Waals surface area (Å²) in [6.45, 7) is 0.742. The third-order valence-electron chi connectivity index (χ3n) is 4.28. The smallest absolute Gasteiger partial charge is 0.255 e. The highest BCUT2D eigenvalue weighted by molar-refractivity contribution is 7.89. The molecule has 1 aliphatic heterocycles. The lowest BCUT2D eigenvalue weighted by molar-refractivity contribution is 0.0729. The van der Waals surface area contributed by atoms with Crippen LogP contribution in [0.5, 0.6) is 0 Å². The minimum absolute atomic E-state index is 0.0225. The van der Waals surface area contributed by atoms with Crippen LogP contribution in [0, 0.1) is 17.1 Å². The summed E-state index contributed by atoms with van der Waals surface area (Å²) >= 11 is 0. The fraction of sp³-hybridized carbons (Fsp3) is 0.263. The van der Waals surface area contributed by atoms with E-state index in [1.165, 1.54) is 6.07 Å². The van der Waals surface area contributed by atoms with Crippen molar-refractivity contribution in [2.75, 3.05) is 31.6 Å². The van der Waals surface area contributed by atoms with E-state index in [0.29, 0.717) is 5.69 Å². The molecule has 1 N–H and O–H groups in total. The van der Waals surface area contributed by atoms with Crippen LogP contribution in [0.15, 0.2) is 47.4 Å². The van der Waals surface area contributed by atoms with Crippen molar-refractivity contribution >= 4 is 21.6 Å². The summed E-state index contributed by atoms with van der Waals surface area (Å²) in [4.78, 5) is 11.9. The van der Waals surface area contributed by atoms with Gasteiger partial charge in [-0.1, -0.05) is 12.1 Å². The van der Waals surface area contributed by atoms with Crippen LogP contribution in [0.2, 0.25) is 0 Å². The SMILES string of the molecule is N#CCc1ccc(NC(=O)c2ccc(F)c(S(=O)(=O)N3CCOCC3)c2)cc1. The van der Waals surface area contributed by atoms with Crippen LogP contribution < -0.4 is 5.32 Å². The molecule has 0 aromatic heterocycles. The lowest BCUT2D eigenvalue weighted by Crippen LogP contribution is -2.41. The summed E-state index contributed by atoms with van der Waals surface area (Å²) < 4.78 is 45.9. The van der Waals surface area contributed by atoms with Crippen LogP contribution in [0.4, 0.5) is 10.1 Å². The van der Waals surface area contributed by atoms with Gasteiger partial charge in [0, 0.05) is 24.3 Å². The third-order valence-corrected chi connectivity index (χ3v) is 6.19. The zero-order chi connectivity index (χ0) is 20.1. The Morgan fingerprint density at radius 3 is 2.50 bits per heavy atom. The van der Waals surface area contributed by atoms with Crippen LogP contribution in [0.1, 0.15) is 15.9 Å². The second-order valence-corrected chi connectivity index (χ2v) is 8.05. The lowest BCUT2D eigenvalue weighted by Gasteiger charge is -2.26. The number of nitriles is 1. The quantitative estimate of drug-likeness (QED) is 0.825. The first-order chi connectivity index (χ1) is 13.4. The molecule has 0 aliphatic carbocycles. The molecule has 0 saturated carbocycles. The lowest BCUT2D eigenvalue weighted by atomic mass is 10.1. The fourth-order valence-electron chi connectivity index (χ4n) is 2.77. The number of morpholine rings is 1. The van der Waals surface area contributed by atoms with Gasteiger partial charge in [-0.05, 0) is 35.9 Å². The van der Waals surface area contributed by atoms with E-state index in [1.54, 1.807) is 24.3 Å². The first-order valence-corrected chi connectivity index (χ1v) is 10.0.